The number of nitro groups is 1. The monoisotopic (exact) mass is 457 g/mol. The number of nitrogens with one attached hydrogen (secondary N) is 2. The molecule has 0 aliphatic heterocycles. The van der Waals surface area contributed by atoms with E-state index in [0.29, 0.717) is 6.42 Å². The highest BCUT2D eigenvalue weighted by atomic mass is 35.5. The standard InChI is InChI=1S/C19H28ClN5O6/c1-11(2)8-14(23-18(27)31-19(3,4)5)17(21)24-30-10-16(26)22-12-6-7-13(20)15(9-12)25(28)29/h6-7,9,11,14H,8,10H2,1-5H3,(H2,21,24)(H,22,26)(H,23,27)/t14-/m0/s1. The minimum Gasteiger partial charge on any atom is -0.444 e. The van der Waals surface area contributed by atoms with Gasteiger partial charge < -0.3 is 25.9 Å². The van der Waals surface area contributed by atoms with Gasteiger partial charge in [-0.15, -0.1) is 0 Å². The van der Waals surface area contributed by atoms with E-state index in [1.54, 1.807) is 20.8 Å². The first-order valence-electron chi connectivity index (χ1n) is 9.47. The number of hydrogen-bond acceptors (Lipinski definition) is 7. The van der Waals surface area contributed by atoms with Crippen molar-refractivity contribution >= 4 is 40.8 Å². The number of rotatable bonds is 9. The van der Waals surface area contributed by atoms with Crippen LogP contribution in [0.2, 0.25) is 5.02 Å². The van der Waals surface area contributed by atoms with Crippen molar-refractivity contribution in [1.29, 1.82) is 0 Å². The van der Waals surface area contributed by atoms with Crippen LogP contribution in [0.25, 0.3) is 0 Å². The summed E-state index contributed by atoms with van der Waals surface area (Å²) >= 11 is 5.73. The number of amides is 2. The number of hydrogen-bond donors (Lipinski definition) is 3. The van der Waals surface area contributed by atoms with E-state index < -0.39 is 35.2 Å². The summed E-state index contributed by atoms with van der Waals surface area (Å²) in [6.45, 7) is 8.58. The molecule has 0 fully saturated rings. The Morgan fingerprint density at radius 1 is 1.32 bits per heavy atom. The normalized spacial score (nSPS) is 12.8. The number of carbonyl (C=O) groups is 2. The van der Waals surface area contributed by atoms with E-state index in [0.717, 1.165) is 6.07 Å². The lowest BCUT2D eigenvalue weighted by Gasteiger charge is -2.24. The fourth-order valence-corrected chi connectivity index (χ4v) is 2.52. The average Bonchev–Trinajstić information content (AvgIpc) is 2.60. The van der Waals surface area contributed by atoms with Crippen LogP contribution in [0.15, 0.2) is 23.4 Å². The number of carbonyl (C=O) groups excluding carboxylic acids is 2. The zero-order valence-electron chi connectivity index (χ0n) is 18.1. The fourth-order valence-electron chi connectivity index (χ4n) is 2.33. The van der Waals surface area contributed by atoms with Crippen molar-refractivity contribution in [3.05, 3.63) is 33.3 Å². The third-order valence-electron chi connectivity index (χ3n) is 3.55. The van der Waals surface area contributed by atoms with Gasteiger partial charge in [0, 0.05) is 11.8 Å². The van der Waals surface area contributed by atoms with E-state index in [4.69, 9.17) is 26.9 Å². The van der Waals surface area contributed by atoms with Gasteiger partial charge in [-0.3, -0.25) is 14.9 Å². The van der Waals surface area contributed by atoms with Crippen LogP contribution < -0.4 is 16.4 Å². The number of amidine groups is 1. The van der Waals surface area contributed by atoms with E-state index in [9.17, 15) is 19.7 Å². The SMILES string of the molecule is CC(C)C[C@H](NC(=O)OC(C)(C)C)/C(N)=N\OCC(=O)Nc1ccc(Cl)c([N+](=O)[O-])c1. The van der Waals surface area contributed by atoms with Gasteiger partial charge in [-0.25, -0.2) is 4.79 Å². The van der Waals surface area contributed by atoms with Gasteiger partial charge in [-0.2, -0.15) is 0 Å². The molecule has 0 spiro atoms. The Morgan fingerprint density at radius 2 is 1.97 bits per heavy atom. The third-order valence-corrected chi connectivity index (χ3v) is 3.87. The summed E-state index contributed by atoms with van der Waals surface area (Å²) in [4.78, 5) is 39.3. The highest BCUT2D eigenvalue weighted by Gasteiger charge is 2.23. The number of alkyl carbamates (subject to hydrolysis) is 1. The maximum Gasteiger partial charge on any atom is 0.408 e. The molecule has 0 bridgehead atoms. The highest BCUT2D eigenvalue weighted by Crippen LogP contribution is 2.27. The van der Waals surface area contributed by atoms with Gasteiger partial charge in [0.15, 0.2) is 12.4 Å². The van der Waals surface area contributed by atoms with Crippen molar-refractivity contribution in [2.45, 2.75) is 52.7 Å². The van der Waals surface area contributed by atoms with Crippen molar-refractivity contribution in [2.24, 2.45) is 16.8 Å². The van der Waals surface area contributed by atoms with Crippen LogP contribution in [0.1, 0.15) is 41.0 Å². The van der Waals surface area contributed by atoms with Crippen LogP contribution in [-0.4, -0.2) is 41.0 Å². The number of oxime groups is 1. The number of nitro benzene ring substituents is 1. The first-order chi connectivity index (χ1) is 14.3. The second-order valence-corrected chi connectivity index (χ2v) is 8.50. The molecule has 0 aliphatic carbocycles. The summed E-state index contributed by atoms with van der Waals surface area (Å²) in [5.74, 6) is -0.471. The molecule has 1 aromatic carbocycles. The molecule has 0 saturated carbocycles. The zero-order chi connectivity index (χ0) is 23.8. The first kappa shape index (κ1) is 26.0. The Labute approximate surface area is 185 Å². The van der Waals surface area contributed by atoms with E-state index in [-0.39, 0.29) is 28.2 Å². The number of anilines is 1. The number of nitrogens with two attached hydrogens (primary N) is 1. The topological polar surface area (TPSA) is 158 Å². The Kier molecular flexibility index (Phi) is 9.50. The summed E-state index contributed by atoms with van der Waals surface area (Å²) in [6.07, 6.45) is -0.183. The largest absolute Gasteiger partial charge is 0.444 e. The van der Waals surface area contributed by atoms with Crippen LogP contribution in [0.5, 0.6) is 0 Å². The number of nitrogens with zero attached hydrogens (tertiary/aromatic N) is 2. The van der Waals surface area contributed by atoms with Crippen LogP contribution in [0.4, 0.5) is 16.2 Å². The maximum atomic E-state index is 12.0. The molecule has 2 amide bonds. The second-order valence-electron chi connectivity index (χ2n) is 8.09. The second kappa shape index (κ2) is 11.3. The predicted molar refractivity (Wildman–Crippen MR) is 117 cm³/mol. The van der Waals surface area contributed by atoms with E-state index in [1.807, 2.05) is 13.8 Å². The average molecular weight is 458 g/mol. The Morgan fingerprint density at radius 3 is 2.52 bits per heavy atom. The van der Waals surface area contributed by atoms with E-state index >= 15 is 0 Å². The molecule has 0 unspecified atom stereocenters. The molecular weight excluding hydrogens is 430 g/mol. The van der Waals surface area contributed by atoms with E-state index in [2.05, 4.69) is 15.8 Å². The summed E-state index contributed by atoms with van der Waals surface area (Å²) < 4.78 is 5.22. The Balaban J connectivity index is 2.70. The van der Waals surface area contributed by atoms with Crippen molar-refractivity contribution in [2.75, 3.05) is 11.9 Å². The van der Waals surface area contributed by atoms with Crippen LogP contribution in [0, 0.1) is 16.0 Å². The fraction of sp³-hybridized carbons (Fsp3) is 0.526. The molecule has 0 aromatic heterocycles. The summed E-state index contributed by atoms with van der Waals surface area (Å²) in [5, 5.41) is 19.6. The summed E-state index contributed by atoms with van der Waals surface area (Å²) in [6, 6.07) is 3.18. The van der Waals surface area contributed by atoms with E-state index in [1.165, 1.54) is 12.1 Å². The molecule has 1 atom stereocenters. The lowest BCUT2D eigenvalue weighted by atomic mass is 10.0. The summed E-state index contributed by atoms with van der Waals surface area (Å²) in [7, 11) is 0. The minimum absolute atomic E-state index is 0.0329. The van der Waals surface area contributed by atoms with Gasteiger partial charge in [-0.05, 0) is 45.2 Å². The quantitative estimate of drug-likeness (QED) is 0.222. The van der Waals surface area contributed by atoms with Crippen molar-refractivity contribution < 1.29 is 24.1 Å². The number of ether oxygens (including phenoxy) is 1. The zero-order valence-corrected chi connectivity index (χ0v) is 18.9. The van der Waals surface area contributed by atoms with Gasteiger partial charge in [0.25, 0.3) is 11.6 Å². The molecule has 0 heterocycles. The number of halogens is 1. The van der Waals surface area contributed by atoms with Gasteiger partial charge in [0.1, 0.15) is 10.6 Å². The van der Waals surface area contributed by atoms with Crippen molar-refractivity contribution in [3.8, 4) is 0 Å². The van der Waals surface area contributed by atoms with Crippen molar-refractivity contribution in [1.82, 2.24) is 5.32 Å². The van der Waals surface area contributed by atoms with Gasteiger partial charge >= 0.3 is 6.09 Å². The summed E-state index contributed by atoms with van der Waals surface area (Å²) in [5.41, 5.74) is 5.08. The van der Waals surface area contributed by atoms with Gasteiger partial charge in [0.2, 0.25) is 0 Å². The molecule has 0 radical (unpaired) electrons. The van der Waals surface area contributed by atoms with Crippen LogP contribution in [-0.2, 0) is 14.4 Å². The first-order valence-corrected chi connectivity index (χ1v) is 9.85. The maximum absolute atomic E-state index is 12.0. The molecule has 11 nitrogen and oxygen atoms in total. The molecule has 0 aliphatic rings. The predicted octanol–water partition coefficient (Wildman–Crippen LogP) is 3.41. The van der Waals surface area contributed by atoms with Gasteiger partial charge in [0.05, 0.1) is 11.0 Å². The molecule has 1 rings (SSSR count). The molecule has 0 saturated heterocycles. The number of benzene rings is 1. The lowest BCUT2D eigenvalue weighted by molar-refractivity contribution is -0.384. The van der Waals surface area contributed by atoms with Gasteiger partial charge in [-0.1, -0.05) is 30.6 Å². The molecular formula is C19H28ClN5O6. The van der Waals surface area contributed by atoms with Crippen molar-refractivity contribution in [3.63, 3.8) is 0 Å². The molecule has 172 valence electrons. The molecule has 31 heavy (non-hydrogen) atoms. The third kappa shape index (κ3) is 9.98. The lowest BCUT2D eigenvalue weighted by Crippen LogP contribution is -2.47. The molecule has 1 aromatic rings. The Hall–Kier alpha value is -3.08. The smallest absolute Gasteiger partial charge is 0.408 e. The van der Waals surface area contributed by atoms with Crippen LogP contribution in [0.3, 0.4) is 0 Å². The Bertz CT molecular complexity index is 838. The molecule has 12 heteroatoms. The highest BCUT2D eigenvalue weighted by molar-refractivity contribution is 6.32. The molecule has 4 N–H and O–H groups in total. The van der Waals surface area contributed by atoms with Crippen LogP contribution >= 0.6 is 11.6 Å². The minimum atomic E-state index is -0.677.